The molecule has 1 aliphatic rings. The van der Waals surface area contributed by atoms with Gasteiger partial charge in [0.2, 0.25) is 11.1 Å². The quantitative estimate of drug-likeness (QED) is 0.720. The number of hydrogen-bond acceptors (Lipinski definition) is 5. The molecule has 3 aromatic rings. The molecule has 1 aromatic heterocycles. The van der Waals surface area contributed by atoms with Crippen molar-refractivity contribution in [2.24, 2.45) is 0 Å². The molecule has 4 rings (SSSR count). The molecule has 0 fully saturated rings. The van der Waals surface area contributed by atoms with E-state index in [1.165, 1.54) is 11.8 Å². The molecule has 2 atom stereocenters. The molecule has 2 N–H and O–H groups in total. The van der Waals surface area contributed by atoms with Gasteiger partial charge >= 0.3 is 0 Å². The van der Waals surface area contributed by atoms with E-state index in [4.69, 9.17) is 11.6 Å². The predicted octanol–water partition coefficient (Wildman–Crippen LogP) is 3.64. The van der Waals surface area contributed by atoms with E-state index in [1.807, 2.05) is 41.9 Å². The maximum atomic E-state index is 13.0. The van der Waals surface area contributed by atoms with Crippen LogP contribution in [-0.2, 0) is 4.79 Å². The van der Waals surface area contributed by atoms with Crippen LogP contribution in [0.5, 0.6) is 0 Å². The molecule has 0 spiro atoms. The van der Waals surface area contributed by atoms with Crippen molar-refractivity contribution in [1.82, 2.24) is 14.9 Å². The van der Waals surface area contributed by atoms with Crippen molar-refractivity contribution in [2.45, 2.75) is 23.4 Å². The fourth-order valence-corrected chi connectivity index (χ4v) is 4.07. The first-order chi connectivity index (χ1) is 12.6. The zero-order valence-corrected chi connectivity index (χ0v) is 15.5. The molecule has 1 amide bonds. The molecule has 0 saturated carbocycles. The van der Waals surface area contributed by atoms with Gasteiger partial charge in [0.05, 0.1) is 6.04 Å². The lowest BCUT2D eigenvalue weighted by molar-refractivity contribution is -0.116. The van der Waals surface area contributed by atoms with E-state index in [1.54, 1.807) is 24.3 Å². The van der Waals surface area contributed by atoms with Crippen LogP contribution in [0.25, 0.3) is 0 Å². The van der Waals surface area contributed by atoms with Crippen LogP contribution < -0.4 is 10.7 Å². The van der Waals surface area contributed by atoms with E-state index in [0.717, 1.165) is 11.4 Å². The monoisotopic (exact) mass is 385 g/mol. The molecular weight excluding hydrogens is 370 g/mol. The molecule has 132 valence electrons. The van der Waals surface area contributed by atoms with Crippen LogP contribution in [-0.4, -0.2) is 26.0 Å². The minimum atomic E-state index is -0.399. The van der Waals surface area contributed by atoms with E-state index in [2.05, 4.69) is 20.9 Å². The normalized spacial score (nSPS) is 18.7. The second-order valence-electron chi connectivity index (χ2n) is 5.92. The summed E-state index contributed by atoms with van der Waals surface area (Å²) in [6.45, 7) is 1.88. The zero-order chi connectivity index (χ0) is 18.1. The van der Waals surface area contributed by atoms with E-state index < -0.39 is 5.25 Å². The number of anilines is 1. The van der Waals surface area contributed by atoms with Gasteiger partial charge in [-0.25, -0.2) is 4.68 Å². The van der Waals surface area contributed by atoms with Crippen molar-refractivity contribution in [2.75, 3.05) is 10.7 Å². The summed E-state index contributed by atoms with van der Waals surface area (Å²) in [5.74, 6) is 0.649. The SMILES string of the molecule is Cc1nnc2n1NC(c1ccccc1)C(C(=O)Nc1ccc(Cl)cc1)S2. The third kappa shape index (κ3) is 3.27. The molecule has 0 radical (unpaired) electrons. The fourth-order valence-electron chi connectivity index (χ4n) is 2.82. The zero-order valence-electron chi connectivity index (χ0n) is 13.9. The number of amides is 1. The Morgan fingerprint density at radius 2 is 1.88 bits per heavy atom. The van der Waals surface area contributed by atoms with Crippen LogP contribution in [0.4, 0.5) is 5.69 Å². The Labute approximate surface area is 159 Å². The maximum absolute atomic E-state index is 13.0. The standard InChI is InChI=1S/C18H16ClN5OS/c1-11-21-22-18-24(11)23-15(12-5-3-2-4-6-12)16(26-18)17(25)20-14-9-7-13(19)8-10-14/h2-10,15-16,23H,1H3,(H,20,25). The van der Waals surface area contributed by atoms with Gasteiger partial charge in [-0.2, -0.15) is 0 Å². The first-order valence-electron chi connectivity index (χ1n) is 8.08. The second-order valence-corrected chi connectivity index (χ2v) is 7.46. The van der Waals surface area contributed by atoms with Gasteiger partial charge in [-0.1, -0.05) is 53.7 Å². The lowest BCUT2D eigenvalue weighted by atomic mass is 10.0. The largest absolute Gasteiger partial charge is 0.325 e. The van der Waals surface area contributed by atoms with Gasteiger partial charge in [0, 0.05) is 10.7 Å². The van der Waals surface area contributed by atoms with Crippen LogP contribution in [0.2, 0.25) is 5.02 Å². The lowest BCUT2D eigenvalue weighted by Crippen LogP contribution is -2.41. The molecule has 0 aliphatic carbocycles. The summed E-state index contributed by atoms with van der Waals surface area (Å²) >= 11 is 7.31. The van der Waals surface area contributed by atoms with E-state index in [9.17, 15) is 4.79 Å². The summed E-state index contributed by atoms with van der Waals surface area (Å²) in [6.07, 6.45) is 0. The van der Waals surface area contributed by atoms with Crippen LogP contribution >= 0.6 is 23.4 Å². The molecular formula is C18H16ClN5OS. The van der Waals surface area contributed by atoms with Crippen LogP contribution in [0.3, 0.4) is 0 Å². The molecule has 2 heterocycles. The average molecular weight is 386 g/mol. The Bertz CT molecular complexity index is 929. The fraction of sp³-hybridized carbons (Fsp3) is 0.167. The van der Waals surface area contributed by atoms with Crippen molar-refractivity contribution in [3.05, 3.63) is 71.0 Å². The summed E-state index contributed by atoms with van der Waals surface area (Å²) in [4.78, 5) is 13.0. The van der Waals surface area contributed by atoms with Gasteiger partial charge in [-0.05, 0) is 36.8 Å². The molecule has 2 unspecified atom stereocenters. The molecule has 6 nitrogen and oxygen atoms in total. The third-order valence-electron chi connectivity index (χ3n) is 4.13. The number of benzene rings is 2. The minimum Gasteiger partial charge on any atom is -0.325 e. The molecule has 26 heavy (non-hydrogen) atoms. The highest BCUT2D eigenvalue weighted by molar-refractivity contribution is 8.00. The van der Waals surface area contributed by atoms with Crippen molar-refractivity contribution in [3.63, 3.8) is 0 Å². The van der Waals surface area contributed by atoms with Crippen LogP contribution in [0.15, 0.2) is 59.8 Å². The maximum Gasteiger partial charge on any atom is 0.240 e. The van der Waals surface area contributed by atoms with Gasteiger partial charge < -0.3 is 10.7 Å². The Kier molecular flexibility index (Phi) is 4.57. The number of carbonyl (C=O) groups is 1. The van der Waals surface area contributed by atoms with Crippen molar-refractivity contribution >= 4 is 35.0 Å². The van der Waals surface area contributed by atoms with E-state index >= 15 is 0 Å². The molecule has 2 aromatic carbocycles. The number of hydrogen-bond donors (Lipinski definition) is 2. The highest BCUT2D eigenvalue weighted by atomic mass is 35.5. The smallest absolute Gasteiger partial charge is 0.240 e. The Morgan fingerprint density at radius 3 is 2.62 bits per heavy atom. The van der Waals surface area contributed by atoms with Gasteiger partial charge in [0.1, 0.15) is 11.1 Å². The Hall–Kier alpha value is -2.51. The third-order valence-corrected chi connectivity index (χ3v) is 5.59. The number of carbonyl (C=O) groups excluding carboxylic acids is 1. The van der Waals surface area contributed by atoms with Crippen molar-refractivity contribution < 1.29 is 4.79 Å². The second kappa shape index (κ2) is 7.01. The summed E-state index contributed by atoms with van der Waals surface area (Å²) in [5.41, 5.74) is 5.10. The first-order valence-corrected chi connectivity index (χ1v) is 9.34. The number of nitrogens with one attached hydrogen (secondary N) is 2. The van der Waals surface area contributed by atoms with Crippen molar-refractivity contribution in [3.8, 4) is 0 Å². The summed E-state index contributed by atoms with van der Waals surface area (Å²) in [7, 11) is 0. The number of thioether (sulfide) groups is 1. The Balaban J connectivity index is 1.64. The molecule has 0 bridgehead atoms. The van der Waals surface area contributed by atoms with E-state index in [-0.39, 0.29) is 11.9 Å². The predicted molar refractivity (Wildman–Crippen MR) is 103 cm³/mol. The van der Waals surface area contributed by atoms with Gasteiger partial charge in [0.15, 0.2) is 0 Å². The number of aryl methyl sites for hydroxylation is 1. The number of rotatable bonds is 3. The van der Waals surface area contributed by atoms with Crippen molar-refractivity contribution in [1.29, 1.82) is 0 Å². The topological polar surface area (TPSA) is 71.8 Å². The Morgan fingerprint density at radius 1 is 1.15 bits per heavy atom. The van der Waals surface area contributed by atoms with Crippen LogP contribution in [0.1, 0.15) is 17.4 Å². The summed E-state index contributed by atoms with van der Waals surface area (Å²) in [5, 5.41) is 12.1. The van der Waals surface area contributed by atoms with E-state index in [0.29, 0.717) is 15.9 Å². The van der Waals surface area contributed by atoms with Gasteiger partial charge in [-0.15, -0.1) is 10.2 Å². The number of aromatic nitrogens is 3. The van der Waals surface area contributed by atoms with Crippen LogP contribution in [0, 0.1) is 6.92 Å². The number of fused-ring (bicyclic) bond motifs is 1. The number of halogens is 1. The summed E-state index contributed by atoms with van der Waals surface area (Å²) < 4.78 is 1.83. The highest BCUT2D eigenvalue weighted by Gasteiger charge is 2.37. The molecule has 1 aliphatic heterocycles. The molecule has 0 saturated heterocycles. The average Bonchev–Trinajstić information content (AvgIpc) is 3.03. The first kappa shape index (κ1) is 16.9. The molecule has 8 heteroatoms. The van der Waals surface area contributed by atoms with Gasteiger partial charge in [0.25, 0.3) is 0 Å². The highest BCUT2D eigenvalue weighted by Crippen LogP contribution is 2.37. The number of nitrogens with zero attached hydrogens (tertiary/aromatic N) is 3. The minimum absolute atomic E-state index is 0.106. The lowest BCUT2D eigenvalue weighted by Gasteiger charge is -2.32. The van der Waals surface area contributed by atoms with Gasteiger partial charge in [-0.3, -0.25) is 4.79 Å². The summed E-state index contributed by atoms with van der Waals surface area (Å²) in [6, 6.07) is 16.7.